The molecule has 0 bridgehead atoms. The molecule has 3 heteroatoms. The minimum Gasteiger partial charge on any atom is -0.346 e. The molecular formula is C29H47NO2. The van der Waals surface area contributed by atoms with E-state index in [0.29, 0.717) is 18.8 Å². The van der Waals surface area contributed by atoms with Gasteiger partial charge in [0.25, 0.3) is 0 Å². The monoisotopic (exact) mass is 441 g/mol. The third-order valence-electron chi connectivity index (χ3n) is 4.89. The van der Waals surface area contributed by atoms with Crippen LogP contribution in [0, 0.1) is 11.8 Å². The highest BCUT2D eigenvalue weighted by Gasteiger charge is 2.23. The van der Waals surface area contributed by atoms with E-state index in [0.717, 1.165) is 44.9 Å². The van der Waals surface area contributed by atoms with Crippen molar-refractivity contribution >= 4 is 11.7 Å². The van der Waals surface area contributed by atoms with E-state index in [4.69, 9.17) is 0 Å². The zero-order valence-corrected chi connectivity index (χ0v) is 21.2. The maximum atomic E-state index is 12.3. The van der Waals surface area contributed by atoms with Gasteiger partial charge in [0.05, 0.1) is 6.04 Å². The molecule has 0 saturated heterocycles. The Kier molecular flexibility index (Phi) is 19.3. The second-order valence-corrected chi connectivity index (χ2v) is 8.91. The minimum absolute atomic E-state index is 0.0167. The molecule has 0 saturated carbocycles. The van der Waals surface area contributed by atoms with Gasteiger partial charge in [0, 0.05) is 12.3 Å². The second kappa shape index (κ2) is 20.7. The van der Waals surface area contributed by atoms with Gasteiger partial charge < -0.3 is 5.32 Å². The minimum atomic E-state index is -0.351. The van der Waals surface area contributed by atoms with E-state index < -0.39 is 0 Å². The van der Waals surface area contributed by atoms with Crippen molar-refractivity contribution in [3.05, 3.63) is 60.8 Å². The van der Waals surface area contributed by atoms with Crippen LogP contribution < -0.4 is 5.32 Å². The van der Waals surface area contributed by atoms with Gasteiger partial charge in [-0.2, -0.15) is 0 Å². The molecule has 0 radical (unpaired) electrons. The lowest BCUT2D eigenvalue weighted by Crippen LogP contribution is -2.43. The molecule has 0 heterocycles. The molecule has 0 aromatic heterocycles. The van der Waals surface area contributed by atoms with Crippen LogP contribution in [0.25, 0.3) is 0 Å². The summed E-state index contributed by atoms with van der Waals surface area (Å²) in [6.07, 6.45) is 29.7. The maximum Gasteiger partial charge on any atom is 0.220 e. The highest BCUT2D eigenvalue weighted by atomic mass is 16.2. The number of hydrogen-bond donors (Lipinski definition) is 1. The lowest BCUT2D eigenvalue weighted by Gasteiger charge is -2.21. The molecule has 0 rings (SSSR count). The molecule has 0 aliphatic rings. The fourth-order valence-corrected chi connectivity index (χ4v) is 3.14. The van der Waals surface area contributed by atoms with Gasteiger partial charge in [-0.05, 0) is 57.3 Å². The van der Waals surface area contributed by atoms with Crippen LogP contribution in [0.5, 0.6) is 0 Å². The van der Waals surface area contributed by atoms with Gasteiger partial charge in [-0.3, -0.25) is 9.59 Å². The van der Waals surface area contributed by atoms with E-state index in [9.17, 15) is 9.59 Å². The van der Waals surface area contributed by atoms with Gasteiger partial charge in [-0.1, -0.05) is 95.4 Å². The van der Waals surface area contributed by atoms with Crippen LogP contribution in [-0.4, -0.2) is 17.7 Å². The quantitative estimate of drug-likeness (QED) is 0.175. The van der Waals surface area contributed by atoms with Gasteiger partial charge >= 0.3 is 0 Å². The Morgan fingerprint density at radius 2 is 1.19 bits per heavy atom. The standard InChI is InChI=1S/C29H47NO2/c1-6-7-8-9-10-11-12-13-14-15-16-17-18-19-20-21-22-23-28(31)30-27(24-25(2)3)29(32)26(4)5/h7-8,10-11,13-14,16-17,19-20,25-27H,6,9,12,15,18,21-24H2,1-5H3,(H,30,31)/b8-7-,11-10-,14-13-,17-16-,20-19-/t27-/m0/s1. The number of rotatable bonds is 18. The number of ketones is 1. The fraction of sp³-hybridized carbons (Fsp3) is 0.586. The maximum absolute atomic E-state index is 12.3. The molecule has 0 aliphatic heterocycles. The number of carbonyl (C=O) groups is 2. The average molecular weight is 442 g/mol. The van der Waals surface area contributed by atoms with Crippen molar-refractivity contribution < 1.29 is 9.59 Å². The van der Waals surface area contributed by atoms with Crippen molar-refractivity contribution in [2.75, 3.05) is 0 Å². The summed E-state index contributed by atoms with van der Waals surface area (Å²) in [4.78, 5) is 24.5. The van der Waals surface area contributed by atoms with Crippen molar-refractivity contribution in [3.63, 3.8) is 0 Å². The zero-order valence-electron chi connectivity index (χ0n) is 21.2. The number of unbranched alkanes of at least 4 members (excludes halogenated alkanes) is 1. The number of hydrogen-bond acceptors (Lipinski definition) is 2. The Labute approximate surface area is 197 Å². The lowest BCUT2D eigenvalue weighted by atomic mass is 9.94. The topological polar surface area (TPSA) is 46.2 Å². The summed E-state index contributed by atoms with van der Waals surface area (Å²) in [6.45, 7) is 10.1. The van der Waals surface area contributed by atoms with Crippen molar-refractivity contribution in [2.45, 2.75) is 98.4 Å². The molecule has 0 fully saturated rings. The Balaban J connectivity index is 3.91. The smallest absolute Gasteiger partial charge is 0.220 e. The van der Waals surface area contributed by atoms with Gasteiger partial charge in [-0.25, -0.2) is 0 Å². The summed E-state index contributed by atoms with van der Waals surface area (Å²) < 4.78 is 0. The average Bonchev–Trinajstić information content (AvgIpc) is 2.74. The lowest BCUT2D eigenvalue weighted by molar-refractivity contribution is -0.129. The summed E-state index contributed by atoms with van der Waals surface area (Å²) in [6, 6.07) is -0.351. The number of Topliss-reactive ketones (excluding diaryl/α,β-unsaturated/α-hetero) is 1. The Morgan fingerprint density at radius 3 is 1.62 bits per heavy atom. The predicted octanol–water partition coefficient (Wildman–Crippen LogP) is 7.66. The molecule has 1 atom stereocenters. The van der Waals surface area contributed by atoms with Crippen molar-refractivity contribution in [1.82, 2.24) is 5.32 Å². The fourth-order valence-electron chi connectivity index (χ4n) is 3.14. The molecule has 0 aliphatic carbocycles. The van der Waals surface area contributed by atoms with Crippen molar-refractivity contribution in [1.29, 1.82) is 0 Å². The third-order valence-corrected chi connectivity index (χ3v) is 4.89. The first-order valence-electron chi connectivity index (χ1n) is 12.5. The van der Waals surface area contributed by atoms with E-state index in [1.165, 1.54) is 0 Å². The summed E-state index contributed by atoms with van der Waals surface area (Å²) >= 11 is 0. The van der Waals surface area contributed by atoms with Crippen LogP contribution in [0.1, 0.15) is 92.4 Å². The Bertz CT molecular complexity index is 636. The van der Waals surface area contributed by atoms with Gasteiger partial charge in [-0.15, -0.1) is 0 Å². The summed E-state index contributed by atoms with van der Waals surface area (Å²) in [5, 5.41) is 2.95. The van der Waals surface area contributed by atoms with Crippen LogP contribution in [0.2, 0.25) is 0 Å². The van der Waals surface area contributed by atoms with Gasteiger partial charge in [0.2, 0.25) is 5.91 Å². The van der Waals surface area contributed by atoms with E-state index in [1.807, 2.05) is 13.8 Å². The highest BCUT2D eigenvalue weighted by molar-refractivity contribution is 5.90. The first kappa shape index (κ1) is 29.8. The predicted molar refractivity (Wildman–Crippen MR) is 140 cm³/mol. The molecule has 0 aromatic rings. The van der Waals surface area contributed by atoms with Crippen LogP contribution >= 0.6 is 0 Å². The zero-order chi connectivity index (χ0) is 24.0. The summed E-state index contributed by atoms with van der Waals surface area (Å²) in [5.74, 6) is 0.437. The molecule has 180 valence electrons. The Morgan fingerprint density at radius 1 is 0.719 bits per heavy atom. The van der Waals surface area contributed by atoms with Gasteiger partial charge in [0.1, 0.15) is 0 Å². The third kappa shape index (κ3) is 18.6. The van der Waals surface area contributed by atoms with Crippen LogP contribution in [-0.2, 0) is 9.59 Å². The van der Waals surface area contributed by atoms with Crippen molar-refractivity contribution in [2.24, 2.45) is 11.8 Å². The first-order valence-corrected chi connectivity index (χ1v) is 12.5. The summed E-state index contributed by atoms with van der Waals surface area (Å²) in [5.41, 5.74) is 0. The number of amides is 1. The molecule has 0 unspecified atom stereocenters. The van der Waals surface area contributed by atoms with E-state index in [-0.39, 0.29) is 23.7 Å². The van der Waals surface area contributed by atoms with Crippen LogP contribution in [0.15, 0.2) is 60.8 Å². The first-order chi connectivity index (χ1) is 15.4. The largest absolute Gasteiger partial charge is 0.346 e. The SMILES string of the molecule is CC/C=C\C/C=C\C/C=C\C/C=C\C/C=C\CCCC(=O)N[C@@H](CC(C)C)C(=O)C(C)C. The van der Waals surface area contributed by atoms with E-state index in [1.54, 1.807) is 0 Å². The van der Waals surface area contributed by atoms with Crippen LogP contribution in [0.4, 0.5) is 0 Å². The van der Waals surface area contributed by atoms with Gasteiger partial charge in [0.15, 0.2) is 5.78 Å². The molecule has 0 aromatic carbocycles. The van der Waals surface area contributed by atoms with E-state index >= 15 is 0 Å². The molecule has 3 nitrogen and oxygen atoms in total. The molecular weight excluding hydrogens is 394 g/mol. The summed E-state index contributed by atoms with van der Waals surface area (Å²) in [7, 11) is 0. The number of carbonyl (C=O) groups excluding carboxylic acids is 2. The molecule has 32 heavy (non-hydrogen) atoms. The molecule has 1 amide bonds. The second-order valence-electron chi connectivity index (χ2n) is 8.91. The number of nitrogens with one attached hydrogen (secondary N) is 1. The van der Waals surface area contributed by atoms with E-state index in [2.05, 4.69) is 86.8 Å². The van der Waals surface area contributed by atoms with Crippen LogP contribution in [0.3, 0.4) is 0 Å². The normalized spacial score (nSPS) is 13.7. The van der Waals surface area contributed by atoms with Crippen molar-refractivity contribution in [3.8, 4) is 0 Å². The Hall–Kier alpha value is -2.16. The highest BCUT2D eigenvalue weighted by Crippen LogP contribution is 2.11. The molecule has 1 N–H and O–H groups in total. The number of allylic oxidation sites excluding steroid dienone is 10. The molecule has 0 spiro atoms.